The maximum atomic E-state index is 14.7. The molecule has 0 fully saturated rings. The fraction of sp³-hybridized carbons (Fsp3) is 0.500. The van der Waals surface area contributed by atoms with Gasteiger partial charge in [-0.3, -0.25) is 0 Å². The van der Waals surface area contributed by atoms with Crippen LogP contribution >= 0.6 is 0 Å². The molecule has 0 aliphatic heterocycles. The Labute approximate surface area is 157 Å². The number of rotatable bonds is 8. The fourth-order valence-electron chi connectivity index (χ4n) is 3.94. The van der Waals surface area contributed by atoms with Crippen LogP contribution in [0.3, 0.4) is 0 Å². The molecule has 2 heteroatoms. The average Bonchev–Trinajstić information content (AvgIpc) is 2.66. The third kappa shape index (κ3) is 4.66. The fourth-order valence-corrected chi connectivity index (χ4v) is 3.94. The van der Waals surface area contributed by atoms with Gasteiger partial charge in [-0.25, -0.2) is 4.39 Å². The molecule has 1 atom stereocenters. The van der Waals surface area contributed by atoms with Crippen LogP contribution in [0.1, 0.15) is 74.1 Å². The summed E-state index contributed by atoms with van der Waals surface area (Å²) < 4.78 is 20.4. The second kappa shape index (κ2) is 9.21. The van der Waals surface area contributed by atoms with E-state index in [9.17, 15) is 4.39 Å². The molecule has 0 bridgehead atoms. The molecular weight excluding hydrogens is 323 g/mol. The Hall–Kier alpha value is -1.83. The molecule has 26 heavy (non-hydrogen) atoms. The average molecular weight is 355 g/mol. The van der Waals surface area contributed by atoms with Crippen molar-refractivity contribution in [2.45, 2.75) is 71.1 Å². The lowest BCUT2D eigenvalue weighted by Gasteiger charge is -2.26. The monoisotopic (exact) mass is 354 g/mol. The van der Waals surface area contributed by atoms with Crippen molar-refractivity contribution in [1.82, 2.24) is 0 Å². The Morgan fingerprint density at radius 1 is 1.00 bits per heavy atom. The second-order valence-corrected chi connectivity index (χ2v) is 7.53. The first-order valence-electron chi connectivity index (χ1n) is 10.2. The highest BCUT2D eigenvalue weighted by atomic mass is 19.1. The van der Waals surface area contributed by atoms with E-state index in [2.05, 4.69) is 38.1 Å². The van der Waals surface area contributed by atoms with Crippen LogP contribution in [0.2, 0.25) is 0 Å². The Morgan fingerprint density at radius 2 is 1.88 bits per heavy atom. The number of hydrogen-bond donors (Lipinski definition) is 0. The molecule has 0 heterocycles. The van der Waals surface area contributed by atoms with E-state index in [0.29, 0.717) is 0 Å². The molecule has 0 saturated heterocycles. The van der Waals surface area contributed by atoms with E-state index in [-0.39, 0.29) is 11.7 Å². The second-order valence-electron chi connectivity index (χ2n) is 7.53. The predicted molar refractivity (Wildman–Crippen MR) is 107 cm³/mol. The van der Waals surface area contributed by atoms with E-state index in [1.165, 1.54) is 24.0 Å². The van der Waals surface area contributed by atoms with Crippen molar-refractivity contribution < 1.29 is 9.13 Å². The van der Waals surface area contributed by atoms with E-state index >= 15 is 0 Å². The lowest BCUT2D eigenvalue weighted by molar-refractivity contribution is 0.316. The Balaban J connectivity index is 1.68. The highest BCUT2D eigenvalue weighted by molar-refractivity contribution is 5.40. The minimum absolute atomic E-state index is 0.0182. The molecule has 0 aromatic heterocycles. The van der Waals surface area contributed by atoms with Gasteiger partial charge in [0, 0.05) is 0 Å². The van der Waals surface area contributed by atoms with E-state index < -0.39 is 0 Å². The van der Waals surface area contributed by atoms with Gasteiger partial charge in [-0.05, 0) is 84.9 Å². The Kier molecular flexibility index (Phi) is 6.71. The van der Waals surface area contributed by atoms with Crippen molar-refractivity contribution in [2.24, 2.45) is 0 Å². The third-order valence-electron chi connectivity index (χ3n) is 5.45. The van der Waals surface area contributed by atoms with Crippen LogP contribution in [0, 0.1) is 5.82 Å². The number of hydrogen-bond acceptors (Lipinski definition) is 1. The molecule has 1 aliphatic rings. The van der Waals surface area contributed by atoms with Gasteiger partial charge in [-0.2, -0.15) is 0 Å². The normalized spacial score (nSPS) is 16.3. The van der Waals surface area contributed by atoms with Crippen molar-refractivity contribution in [3.05, 3.63) is 64.5 Å². The molecule has 1 nitrogen and oxygen atoms in total. The Bertz CT molecular complexity index is 722. The van der Waals surface area contributed by atoms with Crippen LogP contribution in [-0.2, 0) is 19.3 Å². The largest absolute Gasteiger partial charge is 0.494 e. The van der Waals surface area contributed by atoms with Gasteiger partial charge in [0.1, 0.15) is 11.6 Å². The van der Waals surface area contributed by atoms with Crippen LogP contribution in [0.15, 0.2) is 36.4 Å². The van der Waals surface area contributed by atoms with E-state index in [1.807, 2.05) is 6.07 Å². The highest BCUT2D eigenvalue weighted by Gasteiger charge is 2.23. The van der Waals surface area contributed by atoms with Gasteiger partial charge < -0.3 is 4.74 Å². The molecule has 1 aliphatic carbocycles. The summed E-state index contributed by atoms with van der Waals surface area (Å²) >= 11 is 0. The maximum absolute atomic E-state index is 14.7. The van der Waals surface area contributed by atoms with Crippen molar-refractivity contribution in [2.75, 3.05) is 6.61 Å². The van der Waals surface area contributed by atoms with Gasteiger partial charge in [0.05, 0.1) is 6.61 Å². The van der Waals surface area contributed by atoms with Gasteiger partial charge in [-0.1, -0.05) is 44.9 Å². The zero-order valence-electron chi connectivity index (χ0n) is 16.2. The zero-order chi connectivity index (χ0) is 18.4. The number of fused-ring (bicyclic) bond motifs is 1. The molecule has 0 spiro atoms. The minimum Gasteiger partial charge on any atom is -0.494 e. The summed E-state index contributed by atoms with van der Waals surface area (Å²) in [6, 6.07) is 12.3. The number of benzene rings is 2. The first-order chi connectivity index (χ1) is 12.7. The SMILES string of the molecule is CCCCCc1ccc(C2CCc3cc(OCCC)ccc3C2)c(F)c1. The summed E-state index contributed by atoms with van der Waals surface area (Å²) in [4.78, 5) is 0. The molecule has 2 aromatic carbocycles. The predicted octanol–water partition coefficient (Wildman–Crippen LogP) is 6.62. The lowest BCUT2D eigenvalue weighted by Crippen LogP contribution is -2.14. The summed E-state index contributed by atoms with van der Waals surface area (Å²) in [6.07, 6.45) is 8.51. The molecule has 1 unspecified atom stereocenters. The minimum atomic E-state index is -0.0182. The van der Waals surface area contributed by atoms with Gasteiger partial charge in [0.15, 0.2) is 0 Å². The Morgan fingerprint density at radius 3 is 2.65 bits per heavy atom. The first kappa shape index (κ1) is 18.9. The molecule has 140 valence electrons. The summed E-state index contributed by atoms with van der Waals surface area (Å²) in [5.41, 5.74) is 4.73. The zero-order valence-corrected chi connectivity index (χ0v) is 16.2. The molecule has 0 N–H and O–H groups in total. The molecular formula is C24H31FO. The van der Waals surface area contributed by atoms with Crippen molar-refractivity contribution in [3.8, 4) is 5.75 Å². The van der Waals surface area contributed by atoms with E-state index in [1.54, 1.807) is 6.07 Å². The lowest BCUT2D eigenvalue weighted by atomic mass is 9.79. The molecule has 0 amide bonds. The standard InChI is InChI=1S/C24H31FO/c1-3-5-6-7-18-8-13-23(24(25)15-18)21-10-9-20-17-22(26-14-4-2)12-11-19(20)16-21/h8,11-13,15,17,21H,3-7,9-10,14,16H2,1-2H3. The first-order valence-corrected chi connectivity index (χ1v) is 10.2. The van der Waals surface area contributed by atoms with Crippen molar-refractivity contribution in [3.63, 3.8) is 0 Å². The molecule has 0 radical (unpaired) electrons. The molecule has 2 aromatic rings. The van der Waals surface area contributed by atoms with Gasteiger partial charge in [0.25, 0.3) is 0 Å². The summed E-state index contributed by atoms with van der Waals surface area (Å²) in [5.74, 6) is 1.23. The van der Waals surface area contributed by atoms with Gasteiger partial charge in [-0.15, -0.1) is 0 Å². The number of unbranched alkanes of at least 4 members (excludes halogenated alkanes) is 2. The topological polar surface area (TPSA) is 9.23 Å². The highest BCUT2D eigenvalue weighted by Crippen LogP contribution is 2.35. The van der Waals surface area contributed by atoms with Crippen molar-refractivity contribution >= 4 is 0 Å². The smallest absolute Gasteiger partial charge is 0.126 e. The number of ether oxygens (including phenoxy) is 1. The summed E-state index contributed by atoms with van der Waals surface area (Å²) in [5, 5.41) is 0. The quantitative estimate of drug-likeness (QED) is 0.484. The molecule has 3 rings (SSSR count). The number of halogens is 1. The maximum Gasteiger partial charge on any atom is 0.126 e. The number of aryl methyl sites for hydroxylation is 2. The van der Waals surface area contributed by atoms with Gasteiger partial charge in [0.2, 0.25) is 0 Å². The van der Waals surface area contributed by atoms with Crippen LogP contribution in [-0.4, -0.2) is 6.61 Å². The van der Waals surface area contributed by atoms with Crippen LogP contribution in [0.4, 0.5) is 4.39 Å². The third-order valence-corrected chi connectivity index (χ3v) is 5.45. The van der Waals surface area contributed by atoms with Crippen LogP contribution in [0.25, 0.3) is 0 Å². The summed E-state index contributed by atoms with van der Waals surface area (Å²) in [6.45, 7) is 5.08. The van der Waals surface area contributed by atoms with E-state index in [0.717, 1.165) is 62.0 Å². The molecule has 0 saturated carbocycles. The van der Waals surface area contributed by atoms with Gasteiger partial charge >= 0.3 is 0 Å². The van der Waals surface area contributed by atoms with Crippen LogP contribution < -0.4 is 4.74 Å². The summed E-state index contributed by atoms with van der Waals surface area (Å²) in [7, 11) is 0. The van der Waals surface area contributed by atoms with E-state index in [4.69, 9.17) is 4.74 Å². The van der Waals surface area contributed by atoms with Crippen molar-refractivity contribution in [1.29, 1.82) is 0 Å². The van der Waals surface area contributed by atoms with Crippen LogP contribution in [0.5, 0.6) is 5.75 Å².